The highest BCUT2D eigenvalue weighted by Crippen LogP contribution is 2.08. The Morgan fingerprint density at radius 2 is 1.88 bits per heavy atom. The monoisotopic (exact) mass is 231 g/mol. The molecule has 16 heavy (non-hydrogen) atoms. The molecule has 0 spiro atoms. The van der Waals surface area contributed by atoms with E-state index in [1.54, 1.807) is 0 Å². The highest BCUT2D eigenvalue weighted by Gasteiger charge is 2.24. The van der Waals surface area contributed by atoms with Gasteiger partial charge in [0.1, 0.15) is 5.60 Å². The number of nitrogens with one attached hydrogen (secondary N) is 1. The van der Waals surface area contributed by atoms with Gasteiger partial charge in [-0.05, 0) is 26.7 Å². The van der Waals surface area contributed by atoms with Gasteiger partial charge >= 0.3 is 6.09 Å². The summed E-state index contributed by atoms with van der Waals surface area (Å²) < 4.78 is 9.93. The average Bonchev–Trinajstić information content (AvgIpc) is 2.78. The summed E-state index contributed by atoms with van der Waals surface area (Å²) in [6.45, 7) is 13.3. The van der Waals surface area contributed by atoms with Crippen molar-refractivity contribution in [1.29, 1.82) is 0 Å². The first-order valence-electron chi connectivity index (χ1n) is 5.79. The van der Waals surface area contributed by atoms with Crippen molar-refractivity contribution in [2.24, 2.45) is 5.92 Å². The Morgan fingerprint density at radius 3 is 2.19 bits per heavy atom. The smallest absolute Gasteiger partial charge is 0.407 e. The van der Waals surface area contributed by atoms with Gasteiger partial charge in [0.25, 0.3) is 0 Å². The van der Waals surface area contributed by atoms with Crippen LogP contribution in [0.1, 0.15) is 41.5 Å². The molecule has 1 fully saturated rings. The number of epoxide rings is 1. The molecule has 1 N–H and O–H groups in total. The van der Waals surface area contributed by atoms with Crippen molar-refractivity contribution in [1.82, 2.24) is 5.32 Å². The molecule has 1 aliphatic heterocycles. The molecule has 4 nitrogen and oxygen atoms in total. The topological polar surface area (TPSA) is 50.9 Å². The maximum atomic E-state index is 11.0. The van der Waals surface area contributed by atoms with Gasteiger partial charge < -0.3 is 14.8 Å². The van der Waals surface area contributed by atoms with Gasteiger partial charge in [-0.3, -0.25) is 0 Å². The second kappa shape index (κ2) is 6.74. The highest BCUT2D eigenvalue weighted by atomic mass is 16.6. The van der Waals surface area contributed by atoms with Crippen molar-refractivity contribution in [2.45, 2.75) is 53.2 Å². The van der Waals surface area contributed by atoms with Crippen molar-refractivity contribution in [2.75, 3.05) is 13.2 Å². The maximum Gasteiger partial charge on any atom is 0.407 e. The molecule has 1 heterocycles. The summed E-state index contributed by atoms with van der Waals surface area (Å²) in [7, 11) is 0. The van der Waals surface area contributed by atoms with Gasteiger partial charge in [-0.2, -0.15) is 0 Å². The van der Waals surface area contributed by atoms with E-state index in [0.717, 1.165) is 12.5 Å². The molecule has 0 aromatic rings. The predicted molar refractivity (Wildman–Crippen MR) is 64.5 cm³/mol. The van der Waals surface area contributed by atoms with Crippen molar-refractivity contribution < 1.29 is 14.3 Å². The van der Waals surface area contributed by atoms with Gasteiger partial charge in [-0.15, -0.1) is 0 Å². The van der Waals surface area contributed by atoms with Crippen molar-refractivity contribution in [3.63, 3.8) is 0 Å². The lowest BCUT2D eigenvalue weighted by atomic mass is 10.2. The summed E-state index contributed by atoms with van der Waals surface area (Å²) in [6, 6.07) is 0. The minimum atomic E-state index is -0.422. The Bertz CT molecular complexity index is 202. The van der Waals surface area contributed by atoms with Gasteiger partial charge in [0, 0.05) is 6.54 Å². The molecule has 1 amide bonds. The van der Waals surface area contributed by atoms with E-state index in [0.29, 0.717) is 6.54 Å². The summed E-state index contributed by atoms with van der Waals surface area (Å²) in [4.78, 5) is 11.0. The van der Waals surface area contributed by atoms with Crippen LogP contribution < -0.4 is 5.32 Å². The van der Waals surface area contributed by atoms with Gasteiger partial charge in [0.15, 0.2) is 0 Å². The van der Waals surface area contributed by atoms with Crippen LogP contribution in [-0.2, 0) is 9.47 Å². The molecular weight excluding hydrogens is 206 g/mol. The fourth-order valence-corrected chi connectivity index (χ4v) is 0.697. The molecule has 1 saturated heterocycles. The predicted octanol–water partition coefficient (Wildman–Crippen LogP) is 2.57. The van der Waals surface area contributed by atoms with Crippen LogP contribution >= 0.6 is 0 Å². The molecule has 0 bridgehead atoms. The Morgan fingerprint density at radius 1 is 1.44 bits per heavy atom. The lowest BCUT2D eigenvalue weighted by molar-refractivity contribution is 0.0524. The first-order valence-corrected chi connectivity index (χ1v) is 5.79. The molecule has 1 rings (SSSR count). The lowest BCUT2D eigenvalue weighted by Crippen LogP contribution is -2.34. The number of hydrogen-bond donors (Lipinski definition) is 1. The standard InChI is InChI=1S/C8H15NO3.C4H10/c1-8(2,3)12-7(10)9-4-6-5-11-6;1-4(2)3/h6H,4-5H2,1-3H3,(H,9,10);4H,1-3H3. The maximum absolute atomic E-state index is 11.0. The van der Waals surface area contributed by atoms with Crippen molar-refractivity contribution >= 4 is 6.09 Å². The van der Waals surface area contributed by atoms with E-state index in [9.17, 15) is 4.79 Å². The third-order valence-corrected chi connectivity index (χ3v) is 1.28. The van der Waals surface area contributed by atoms with Crippen LogP contribution in [0.5, 0.6) is 0 Å². The fraction of sp³-hybridized carbons (Fsp3) is 0.917. The Kier molecular flexibility index (Phi) is 6.41. The largest absolute Gasteiger partial charge is 0.444 e. The molecule has 0 aromatic carbocycles. The Labute approximate surface area is 98.7 Å². The zero-order chi connectivity index (χ0) is 12.8. The molecule has 0 saturated carbocycles. The van der Waals surface area contributed by atoms with Crippen LogP contribution in [0.2, 0.25) is 0 Å². The van der Waals surface area contributed by atoms with E-state index in [2.05, 4.69) is 26.1 Å². The van der Waals surface area contributed by atoms with Crippen LogP contribution in [0.3, 0.4) is 0 Å². The SMILES string of the molecule is CC(C)(C)OC(=O)NCC1CO1.CC(C)C. The number of carbonyl (C=O) groups is 1. The third kappa shape index (κ3) is 13.2. The number of alkyl carbamates (subject to hydrolysis) is 1. The molecule has 96 valence electrons. The number of rotatable bonds is 2. The summed E-state index contributed by atoms with van der Waals surface area (Å²) in [5.74, 6) is 0.833. The molecule has 1 atom stereocenters. The zero-order valence-electron chi connectivity index (χ0n) is 11.3. The average molecular weight is 231 g/mol. The summed E-state index contributed by atoms with van der Waals surface area (Å²) in [6.07, 6.45) is -0.171. The normalized spacial score (nSPS) is 18.6. The second-order valence-electron chi connectivity index (χ2n) is 5.57. The minimum Gasteiger partial charge on any atom is -0.444 e. The van der Waals surface area contributed by atoms with Crippen LogP contribution in [-0.4, -0.2) is 30.9 Å². The van der Waals surface area contributed by atoms with Gasteiger partial charge in [0.05, 0.1) is 12.7 Å². The number of ether oxygens (including phenoxy) is 2. The Hall–Kier alpha value is -0.770. The molecular formula is C12H25NO3. The quantitative estimate of drug-likeness (QED) is 0.743. The summed E-state index contributed by atoms with van der Waals surface area (Å²) in [5.41, 5.74) is -0.422. The molecule has 0 aromatic heterocycles. The van der Waals surface area contributed by atoms with E-state index < -0.39 is 5.60 Å². The van der Waals surface area contributed by atoms with Crippen LogP contribution in [0.25, 0.3) is 0 Å². The van der Waals surface area contributed by atoms with Crippen LogP contribution in [0, 0.1) is 5.92 Å². The second-order valence-corrected chi connectivity index (χ2v) is 5.57. The van der Waals surface area contributed by atoms with E-state index in [4.69, 9.17) is 9.47 Å². The highest BCUT2D eigenvalue weighted by molar-refractivity contribution is 5.67. The van der Waals surface area contributed by atoms with Gasteiger partial charge in [0.2, 0.25) is 0 Å². The summed E-state index contributed by atoms with van der Waals surface area (Å²) in [5, 5.41) is 2.61. The van der Waals surface area contributed by atoms with Crippen LogP contribution in [0.4, 0.5) is 4.79 Å². The fourth-order valence-electron chi connectivity index (χ4n) is 0.697. The molecule has 1 aliphatic rings. The Balaban J connectivity index is 0.000000487. The van der Waals surface area contributed by atoms with E-state index >= 15 is 0 Å². The number of carbonyl (C=O) groups excluding carboxylic acids is 1. The van der Waals surface area contributed by atoms with Crippen molar-refractivity contribution in [3.8, 4) is 0 Å². The van der Waals surface area contributed by atoms with E-state index in [1.165, 1.54) is 0 Å². The van der Waals surface area contributed by atoms with E-state index in [-0.39, 0.29) is 12.2 Å². The molecule has 1 unspecified atom stereocenters. The van der Waals surface area contributed by atoms with Gasteiger partial charge in [-0.1, -0.05) is 20.8 Å². The van der Waals surface area contributed by atoms with Gasteiger partial charge in [-0.25, -0.2) is 4.79 Å². The zero-order valence-corrected chi connectivity index (χ0v) is 11.3. The third-order valence-electron chi connectivity index (χ3n) is 1.28. The molecule has 0 radical (unpaired) electrons. The van der Waals surface area contributed by atoms with E-state index in [1.807, 2.05) is 20.8 Å². The van der Waals surface area contributed by atoms with Crippen LogP contribution in [0.15, 0.2) is 0 Å². The first kappa shape index (κ1) is 15.2. The number of hydrogen-bond acceptors (Lipinski definition) is 3. The number of amides is 1. The lowest BCUT2D eigenvalue weighted by Gasteiger charge is -2.19. The minimum absolute atomic E-state index is 0.206. The molecule has 0 aliphatic carbocycles. The molecule has 4 heteroatoms. The first-order chi connectivity index (χ1) is 7.20. The van der Waals surface area contributed by atoms with Crippen molar-refractivity contribution in [3.05, 3.63) is 0 Å². The summed E-state index contributed by atoms with van der Waals surface area (Å²) >= 11 is 0.